The van der Waals surface area contributed by atoms with Gasteiger partial charge in [-0.2, -0.15) is 0 Å². The molecule has 2 rings (SSSR count). The number of amides is 1. The maximum Gasteiger partial charge on any atom is 0.251 e. The summed E-state index contributed by atoms with van der Waals surface area (Å²) in [5.41, 5.74) is 0.358. The van der Waals surface area contributed by atoms with Crippen molar-refractivity contribution >= 4 is 5.91 Å². The molecule has 0 fully saturated rings. The van der Waals surface area contributed by atoms with Gasteiger partial charge in [-0.25, -0.2) is 0 Å². The zero-order chi connectivity index (χ0) is 13.0. The van der Waals surface area contributed by atoms with Crippen LogP contribution in [-0.2, 0) is 0 Å². The Morgan fingerprint density at radius 1 is 1.28 bits per heavy atom. The van der Waals surface area contributed by atoms with Crippen molar-refractivity contribution in [1.29, 1.82) is 0 Å². The van der Waals surface area contributed by atoms with Gasteiger partial charge in [-0.3, -0.25) is 4.79 Å². The minimum atomic E-state index is -0.275. The van der Waals surface area contributed by atoms with Crippen LogP contribution >= 0.6 is 0 Å². The number of hydrogen-bond donors (Lipinski definition) is 3. The molecule has 4 nitrogen and oxygen atoms in total. The van der Waals surface area contributed by atoms with Gasteiger partial charge in [-0.1, -0.05) is 12.2 Å². The van der Waals surface area contributed by atoms with Crippen molar-refractivity contribution in [3.05, 3.63) is 35.9 Å². The largest absolute Gasteiger partial charge is 0.504 e. The number of allylic oxidation sites excluding steroid dienone is 2. The fourth-order valence-electron chi connectivity index (χ4n) is 2.05. The number of benzene rings is 1. The van der Waals surface area contributed by atoms with Gasteiger partial charge in [-0.05, 0) is 43.4 Å². The summed E-state index contributed by atoms with van der Waals surface area (Å²) in [7, 11) is 0. The Morgan fingerprint density at radius 2 is 2.11 bits per heavy atom. The fourth-order valence-corrected chi connectivity index (χ4v) is 2.05. The van der Waals surface area contributed by atoms with Crippen molar-refractivity contribution in [2.45, 2.75) is 19.3 Å². The van der Waals surface area contributed by atoms with E-state index in [9.17, 15) is 9.90 Å². The second-order valence-electron chi connectivity index (χ2n) is 4.56. The third kappa shape index (κ3) is 3.03. The number of carbonyl (C=O) groups excluding carboxylic acids is 1. The molecule has 1 aromatic rings. The van der Waals surface area contributed by atoms with Gasteiger partial charge >= 0.3 is 0 Å². The Balaban J connectivity index is 1.91. The quantitative estimate of drug-likeness (QED) is 0.566. The minimum absolute atomic E-state index is 0.219. The highest BCUT2D eigenvalue weighted by molar-refractivity contribution is 5.94. The second kappa shape index (κ2) is 5.58. The minimum Gasteiger partial charge on any atom is -0.504 e. The molecule has 0 heterocycles. The van der Waals surface area contributed by atoms with Gasteiger partial charge in [0.2, 0.25) is 0 Å². The number of carbonyl (C=O) groups is 1. The summed E-state index contributed by atoms with van der Waals surface area (Å²) in [5.74, 6) is -0.225. The smallest absolute Gasteiger partial charge is 0.251 e. The highest BCUT2D eigenvalue weighted by atomic mass is 16.3. The van der Waals surface area contributed by atoms with Gasteiger partial charge in [0.15, 0.2) is 11.5 Å². The monoisotopic (exact) mass is 247 g/mol. The van der Waals surface area contributed by atoms with Crippen LogP contribution in [0.15, 0.2) is 30.4 Å². The topological polar surface area (TPSA) is 69.6 Å². The molecule has 4 heteroatoms. The van der Waals surface area contributed by atoms with E-state index in [1.54, 1.807) is 0 Å². The van der Waals surface area contributed by atoms with Crippen molar-refractivity contribution in [3.8, 4) is 11.5 Å². The average molecular weight is 247 g/mol. The van der Waals surface area contributed by atoms with E-state index in [-0.39, 0.29) is 17.4 Å². The lowest BCUT2D eigenvalue weighted by molar-refractivity contribution is 0.0946. The Morgan fingerprint density at radius 3 is 2.78 bits per heavy atom. The number of nitrogens with one attached hydrogen (secondary N) is 1. The highest BCUT2D eigenvalue weighted by Gasteiger charge is 2.13. The van der Waals surface area contributed by atoms with E-state index in [2.05, 4.69) is 17.5 Å². The zero-order valence-corrected chi connectivity index (χ0v) is 10.1. The van der Waals surface area contributed by atoms with E-state index in [1.807, 2.05) is 0 Å². The first kappa shape index (κ1) is 12.5. The zero-order valence-electron chi connectivity index (χ0n) is 10.1. The third-order valence-electron chi connectivity index (χ3n) is 3.17. The van der Waals surface area contributed by atoms with E-state index >= 15 is 0 Å². The summed E-state index contributed by atoms with van der Waals surface area (Å²) in [5, 5.41) is 21.3. The van der Waals surface area contributed by atoms with Crippen LogP contribution < -0.4 is 5.32 Å². The lowest BCUT2D eigenvalue weighted by Crippen LogP contribution is -2.29. The summed E-state index contributed by atoms with van der Waals surface area (Å²) in [6, 6.07) is 4.07. The fraction of sp³-hybridized carbons (Fsp3) is 0.357. The van der Waals surface area contributed by atoms with Crippen LogP contribution in [0.5, 0.6) is 11.5 Å². The Hall–Kier alpha value is -1.97. The summed E-state index contributed by atoms with van der Waals surface area (Å²) in [4.78, 5) is 11.8. The van der Waals surface area contributed by atoms with Crippen LogP contribution in [0.2, 0.25) is 0 Å². The van der Waals surface area contributed by atoms with E-state index in [0.29, 0.717) is 18.0 Å². The summed E-state index contributed by atoms with van der Waals surface area (Å²) < 4.78 is 0. The van der Waals surface area contributed by atoms with Crippen molar-refractivity contribution in [3.63, 3.8) is 0 Å². The van der Waals surface area contributed by atoms with Crippen molar-refractivity contribution < 1.29 is 15.0 Å². The molecular weight excluding hydrogens is 230 g/mol. The molecule has 1 aliphatic carbocycles. The van der Waals surface area contributed by atoms with Crippen molar-refractivity contribution in [1.82, 2.24) is 5.32 Å². The average Bonchev–Trinajstić information content (AvgIpc) is 2.40. The van der Waals surface area contributed by atoms with Gasteiger partial charge < -0.3 is 15.5 Å². The maximum absolute atomic E-state index is 11.8. The molecular formula is C14H17NO3. The Bertz CT molecular complexity index is 468. The molecule has 0 saturated heterocycles. The van der Waals surface area contributed by atoms with Crippen LogP contribution in [-0.4, -0.2) is 22.7 Å². The van der Waals surface area contributed by atoms with E-state index in [1.165, 1.54) is 18.2 Å². The van der Waals surface area contributed by atoms with E-state index in [4.69, 9.17) is 5.11 Å². The number of phenols is 2. The third-order valence-corrected chi connectivity index (χ3v) is 3.17. The summed E-state index contributed by atoms with van der Waals surface area (Å²) in [6.45, 7) is 0.644. The highest BCUT2D eigenvalue weighted by Crippen LogP contribution is 2.24. The van der Waals surface area contributed by atoms with Crippen LogP contribution in [0, 0.1) is 5.92 Å². The molecule has 1 atom stereocenters. The van der Waals surface area contributed by atoms with Gasteiger partial charge in [0.05, 0.1) is 0 Å². The molecule has 1 unspecified atom stereocenters. The van der Waals surface area contributed by atoms with Crippen molar-refractivity contribution in [2.75, 3.05) is 6.54 Å². The molecule has 0 bridgehead atoms. The first-order chi connectivity index (χ1) is 8.66. The summed E-state index contributed by atoms with van der Waals surface area (Å²) >= 11 is 0. The molecule has 0 aromatic heterocycles. The van der Waals surface area contributed by atoms with Crippen LogP contribution in [0.4, 0.5) is 0 Å². The second-order valence-corrected chi connectivity index (χ2v) is 4.56. The van der Waals surface area contributed by atoms with E-state index in [0.717, 1.165) is 19.3 Å². The van der Waals surface area contributed by atoms with Gasteiger partial charge in [0, 0.05) is 12.1 Å². The van der Waals surface area contributed by atoms with Crippen LogP contribution in [0.1, 0.15) is 29.6 Å². The van der Waals surface area contributed by atoms with Crippen LogP contribution in [0.3, 0.4) is 0 Å². The number of hydrogen-bond acceptors (Lipinski definition) is 3. The Kier molecular flexibility index (Phi) is 3.87. The number of aromatic hydroxyl groups is 2. The van der Waals surface area contributed by atoms with Gasteiger partial charge in [-0.15, -0.1) is 0 Å². The molecule has 0 spiro atoms. The molecule has 1 aromatic carbocycles. The Labute approximate surface area is 106 Å². The van der Waals surface area contributed by atoms with Gasteiger partial charge in [0.1, 0.15) is 0 Å². The number of phenolic OH excluding ortho intramolecular Hbond substituents is 2. The lowest BCUT2D eigenvalue weighted by atomic mass is 9.94. The molecule has 3 N–H and O–H groups in total. The first-order valence-corrected chi connectivity index (χ1v) is 6.12. The van der Waals surface area contributed by atoms with Gasteiger partial charge in [0.25, 0.3) is 5.91 Å². The normalized spacial score (nSPS) is 18.6. The molecule has 0 saturated carbocycles. The van der Waals surface area contributed by atoms with Crippen molar-refractivity contribution in [2.24, 2.45) is 5.92 Å². The molecule has 18 heavy (non-hydrogen) atoms. The molecule has 1 amide bonds. The standard InChI is InChI=1S/C14H17NO3/c16-12-7-6-11(8-13(12)17)14(18)15-9-10-4-2-1-3-5-10/h1-2,6-8,10,16-17H,3-5,9H2,(H,15,18). The number of rotatable bonds is 3. The molecule has 1 aliphatic rings. The van der Waals surface area contributed by atoms with Crippen LogP contribution in [0.25, 0.3) is 0 Å². The van der Waals surface area contributed by atoms with E-state index < -0.39 is 0 Å². The maximum atomic E-state index is 11.8. The molecule has 0 aliphatic heterocycles. The summed E-state index contributed by atoms with van der Waals surface area (Å²) in [6.07, 6.45) is 7.47. The SMILES string of the molecule is O=C(NCC1CC=CCC1)c1ccc(O)c(O)c1. The predicted molar refractivity (Wildman–Crippen MR) is 68.6 cm³/mol. The molecule has 96 valence electrons. The predicted octanol–water partition coefficient (Wildman–Crippen LogP) is 2.18. The molecule has 0 radical (unpaired) electrons. The first-order valence-electron chi connectivity index (χ1n) is 6.12. The lowest BCUT2D eigenvalue weighted by Gasteiger charge is -2.18.